The van der Waals surface area contributed by atoms with Crippen molar-refractivity contribution in [3.05, 3.63) is 88.4 Å². The fraction of sp³-hybridized carbons (Fsp3) is 0.174. The standard InChI is InChI=1S/C23H23N3O4/c1-16-21(23(29)26(25(16)3)19-12-8-5-9-13-19)24-22(28)17(2)30-20(27)15-14-18-10-6-4-7-11-18/h4-15,17H,1-3H3,(H,24,28)/b15-14+/t17-/m1/s1. The summed E-state index contributed by atoms with van der Waals surface area (Å²) in [5.74, 6) is -1.23. The van der Waals surface area contributed by atoms with Gasteiger partial charge in [-0.2, -0.15) is 0 Å². The third-order valence-corrected chi connectivity index (χ3v) is 4.68. The highest BCUT2D eigenvalue weighted by Gasteiger charge is 2.22. The molecule has 0 aliphatic heterocycles. The molecule has 7 nitrogen and oxygen atoms in total. The molecule has 1 atom stereocenters. The fourth-order valence-corrected chi connectivity index (χ4v) is 2.93. The molecule has 1 amide bonds. The molecule has 1 aromatic heterocycles. The van der Waals surface area contributed by atoms with E-state index in [0.717, 1.165) is 5.56 Å². The highest BCUT2D eigenvalue weighted by Crippen LogP contribution is 2.14. The van der Waals surface area contributed by atoms with Gasteiger partial charge in [0.15, 0.2) is 6.10 Å². The molecular weight excluding hydrogens is 382 g/mol. The predicted molar refractivity (Wildman–Crippen MR) is 115 cm³/mol. The van der Waals surface area contributed by atoms with E-state index in [1.807, 2.05) is 48.5 Å². The van der Waals surface area contributed by atoms with Gasteiger partial charge in [-0.25, -0.2) is 9.48 Å². The minimum atomic E-state index is -1.07. The van der Waals surface area contributed by atoms with E-state index in [1.165, 1.54) is 17.7 Å². The van der Waals surface area contributed by atoms with Crippen LogP contribution in [0, 0.1) is 6.92 Å². The van der Waals surface area contributed by atoms with Gasteiger partial charge in [-0.1, -0.05) is 48.5 Å². The van der Waals surface area contributed by atoms with Crippen LogP contribution in [0.3, 0.4) is 0 Å². The zero-order valence-electron chi connectivity index (χ0n) is 17.0. The molecule has 0 unspecified atom stereocenters. The van der Waals surface area contributed by atoms with Crippen LogP contribution in [0.5, 0.6) is 0 Å². The Labute approximate surface area is 174 Å². The maximum Gasteiger partial charge on any atom is 0.331 e. The van der Waals surface area contributed by atoms with Gasteiger partial charge >= 0.3 is 5.97 Å². The number of nitrogens with one attached hydrogen (secondary N) is 1. The van der Waals surface area contributed by atoms with E-state index in [0.29, 0.717) is 11.4 Å². The Bertz CT molecular complexity index is 1130. The Hall–Kier alpha value is -3.87. The molecule has 0 radical (unpaired) electrons. The second-order valence-electron chi connectivity index (χ2n) is 6.75. The lowest BCUT2D eigenvalue weighted by atomic mass is 10.2. The molecule has 3 rings (SSSR count). The van der Waals surface area contributed by atoms with Crippen molar-refractivity contribution in [3.63, 3.8) is 0 Å². The van der Waals surface area contributed by atoms with E-state index in [2.05, 4.69) is 5.32 Å². The zero-order valence-corrected chi connectivity index (χ0v) is 17.0. The Morgan fingerprint density at radius 2 is 1.63 bits per heavy atom. The molecule has 0 aliphatic rings. The van der Waals surface area contributed by atoms with Gasteiger partial charge in [-0.05, 0) is 37.6 Å². The number of para-hydroxylation sites is 1. The number of amides is 1. The van der Waals surface area contributed by atoms with Crippen molar-refractivity contribution in [2.45, 2.75) is 20.0 Å². The van der Waals surface area contributed by atoms with Crippen molar-refractivity contribution in [2.75, 3.05) is 5.32 Å². The second kappa shape index (κ2) is 9.09. The van der Waals surface area contributed by atoms with E-state index < -0.39 is 18.0 Å². The van der Waals surface area contributed by atoms with Gasteiger partial charge in [0.1, 0.15) is 5.69 Å². The van der Waals surface area contributed by atoms with Gasteiger partial charge in [0, 0.05) is 13.1 Å². The van der Waals surface area contributed by atoms with Gasteiger partial charge in [0.25, 0.3) is 11.5 Å². The first kappa shape index (κ1) is 20.9. The van der Waals surface area contributed by atoms with Crippen LogP contribution in [0.15, 0.2) is 71.5 Å². The van der Waals surface area contributed by atoms with Crippen molar-refractivity contribution in [2.24, 2.45) is 7.05 Å². The van der Waals surface area contributed by atoms with Gasteiger partial charge < -0.3 is 10.1 Å². The molecule has 1 N–H and O–H groups in total. The summed E-state index contributed by atoms with van der Waals surface area (Å²) in [5.41, 5.74) is 1.89. The smallest absolute Gasteiger partial charge is 0.331 e. The molecule has 0 saturated heterocycles. The van der Waals surface area contributed by atoms with Crippen molar-refractivity contribution in [1.29, 1.82) is 0 Å². The number of rotatable bonds is 6. The third kappa shape index (κ3) is 4.57. The first-order valence-electron chi connectivity index (χ1n) is 9.47. The van der Waals surface area contributed by atoms with E-state index in [-0.39, 0.29) is 11.2 Å². The number of esters is 1. The lowest BCUT2D eigenvalue weighted by Gasteiger charge is -2.11. The Morgan fingerprint density at radius 3 is 2.27 bits per heavy atom. The average Bonchev–Trinajstić information content (AvgIpc) is 2.96. The van der Waals surface area contributed by atoms with Crippen LogP contribution in [0.1, 0.15) is 18.2 Å². The van der Waals surface area contributed by atoms with E-state index in [4.69, 9.17) is 4.74 Å². The minimum absolute atomic E-state index is 0.147. The largest absolute Gasteiger partial charge is 0.449 e. The summed E-state index contributed by atoms with van der Waals surface area (Å²) in [6, 6.07) is 18.4. The first-order valence-corrected chi connectivity index (χ1v) is 9.47. The van der Waals surface area contributed by atoms with E-state index in [9.17, 15) is 14.4 Å². The van der Waals surface area contributed by atoms with Gasteiger partial charge in [-0.15, -0.1) is 0 Å². The van der Waals surface area contributed by atoms with Gasteiger partial charge in [-0.3, -0.25) is 14.3 Å². The summed E-state index contributed by atoms with van der Waals surface area (Å²) >= 11 is 0. The number of ether oxygens (including phenoxy) is 1. The summed E-state index contributed by atoms with van der Waals surface area (Å²) in [6.45, 7) is 3.19. The summed E-state index contributed by atoms with van der Waals surface area (Å²) in [5, 5.41) is 2.59. The van der Waals surface area contributed by atoms with Crippen LogP contribution in [0.2, 0.25) is 0 Å². The number of nitrogens with zero attached hydrogens (tertiary/aromatic N) is 2. The van der Waals surface area contributed by atoms with Crippen LogP contribution in [-0.2, 0) is 21.4 Å². The molecule has 0 aliphatic carbocycles. The molecular formula is C23H23N3O4. The number of carbonyl (C=O) groups excluding carboxylic acids is 2. The monoisotopic (exact) mass is 405 g/mol. The Balaban J connectivity index is 1.71. The minimum Gasteiger partial charge on any atom is -0.449 e. The van der Waals surface area contributed by atoms with Crippen LogP contribution in [0.4, 0.5) is 5.69 Å². The van der Waals surface area contributed by atoms with Crippen LogP contribution < -0.4 is 10.9 Å². The van der Waals surface area contributed by atoms with Crippen LogP contribution >= 0.6 is 0 Å². The lowest BCUT2D eigenvalue weighted by Crippen LogP contribution is -2.31. The number of aromatic nitrogens is 2. The Kier molecular flexibility index (Phi) is 6.32. The number of hydrogen-bond donors (Lipinski definition) is 1. The molecule has 30 heavy (non-hydrogen) atoms. The van der Waals surface area contributed by atoms with Crippen molar-refractivity contribution < 1.29 is 14.3 Å². The molecule has 3 aromatic rings. The van der Waals surface area contributed by atoms with Crippen molar-refractivity contribution >= 4 is 23.6 Å². The molecule has 0 fully saturated rings. The summed E-state index contributed by atoms with van der Waals surface area (Å²) < 4.78 is 8.28. The van der Waals surface area contributed by atoms with Gasteiger partial charge in [0.05, 0.1) is 11.4 Å². The number of benzene rings is 2. The van der Waals surface area contributed by atoms with Crippen LogP contribution in [-0.4, -0.2) is 27.3 Å². The fourth-order valence-electron chi connectivity index (χ4n) is 2.93. The molecule has 0 spiro atoms. The van der Waals surface area contributed by atoms with Crippen molar-refractivity contribution in [1.82, 2.24) is 9.36 Å². The second-order valence-corrected chi connectivity index (χ2v) is 6.75. The highest BCUT2D eigenvalue weighted by atomic mass is 16.5. The predicted octanol–water partition coefficient (Wildman–Crippen LogP) is 3.07. The molecule has 154 valence electrons. The molecule has 2 aromatic carbocycles. The molecule has 0 saturated carbocycles. The van der Waals surface area contributed by atoms with Gasteiger partial charge in [0.2, 0.25) is 0 Å². The third-order valence-electron chi connectivity index (χ3n) is 4.68. The zero-order chi connectivity index (χ0) is 21.7. The SMILES string of the molecule is Cc1c(NC(=O)[C@@H](C)OC(=O)/C=C/c2ccccc2)c(=O)n(-c2ccccc2)n1C. The summed E-state index contributed by atoms with van der Waals surface area (Å²) in [7, 11) is 1.73. The number of hydrogen-bond acceptors (Lipinski definition) is 4. The summed E-state index contributed by atoms with van der Waals surface area (Å²) in [6.07, 6.45) is 1.80. The topological polar surface area (TPSA) is 82.3 Å². The van der Waals surface area contributed by atoms with Crippen molar-refractivity contribution in [3.8, 4) is 5.69 Å². The summed E-state index contributed by atoms with van der Waals surface area (Å²) in [4.78, 5) is 37.4. The molecule has 1 heterocycles. The van der Waals surface area contributed by atoms with E-state index in [1.54, 1.807) is 36.9 Å². The van der Waals surface area contributed by atoms with E-state index >= 15 is 0 Å². The Morgan fingerprint density at radius 1 is 1.03 bits per heavy atom. The lowest BCUT2D eigenvalue weighted by molar-refractivity contribution is -0.148. The highest BCUT2D eigenvalue weighted by molar-refractivity contribution is 5.96. The normalized spacial score (nSPS) is 12.0. The maximum atomic E-state index is 12.9. The average molecular weight is 405 g/mol. The maximum absolute atomic E-state index is 12.9. The number of carbonyl (C=O) groups is 2. The molecule has 0 bridgehead atoms. The quantitative estimate of drug-likeness (QED) is 0.505. The first-order chi connectivity index (χ1) is 14.4. The number of anilines is 1. The van der Waals surface area contributed by atoms with Crippen LogP contribution in [0.25, 0.3) is 11.8 Å². The molecule has 7 heteroatoms.